The number of hydrogen-bond acceptors (Lipinski definition) is 9. The highest BCUT2D eigenvalue weighted by Gasteiger charge is 2.23. The highest BCUT2D eigenvalue weighted by atomic mass is 32.2. The maximum absolute atomic E-state index is 12.9. The van der Waals surface area contributed by atoms with Gasteiger partial charge in [0.2, 0.25) is 5.91 Å². The van der Waals surface area contributed by atoms with E-state index in [0.717, 1.165) is 48.6 Å². The Morgan fingerprint density at radius 3 is 2.55 bits per heavy atom. The van der Waals surface area contributed by atoms with Crippen LogP contribution >= 0.6 is 23.1 Å². The van der Waals surface area contributed by atoms with Crippen LogP contribution in [-0.2, 0) is 14.3 Å². The molecule has 3 heterocycles. The summed E-state index contributed by atoms with van der Waals surface area (Å²) in [6, 6.07) is 7.86. The highest BCUT2D eigenvalue weighted by molar-refractivity contribution is 8.00. The number of rotatable bonds is 6. The Hall–Kier alpha value is -2.69. The van der Waals surface area contributed by atoms with E-state index in [-0.39, 0.29) is 5.91 Å². The first-order valence-corrected chi connectivity index (χ1v) is 12.3. The minimum Gasteiger partial charge on any atom is -0.465 e. The van der Waals surface area contributed by atoms with E-state index in [0.29, 0.717) is 20.6 Å². The number of esters is 1. The van der Waals surface area contributed by atoms with Gasteiger partial charge >= 0.3 is 5.97 Å². The fraction of sp³-hybridized carbons (Fsp3) is 0.391. The number of aromatic nitrogens is 2. The van der Waals surface area contributed by atoms with E-state index in [1.54, 1.807) is 6.92 Å². The van der Waals surface area contributed by atoms with Crippen molar-refractivity contribution >= 4 is 56.6 Å². The van der Waals surface area contributed by atoms with Gasteiger partial charge < -0.3 is 19.7 Å². The van der Waals surface area contributed by atoms with Gasteiger partial charge in [-0.25, -0.2) is 14.8 Å². The van der Waals surface area contributed by atoms with Crippen LogP contribution in [0.1, 0.15) is 28.0 Å². The Labute approximate surface area is 200 Å². The Bertz CT molecular complexity index is 1170. The van der Waals surface area contributed by atoms with Crippen LogP contribution in [0.4, 0.5) is 11.4 Å². The molecule has 2 aromatic heterocycles. The van der Waals surface area contributed by atoms with E-state index < -0.39 is 11.2 Å². The monoisotopic (exact) mass is 486 g/mol. The van der Waals surface area contributed by atoms with Crippen LogP contribution in [0, 0.1) is 13.8 Å². The first-order valence-electron chi connectivity index (χ1n) is 10.6. The summed E-state index contributed by atoms with van der Waals surface area (Å²) >= 11 is 2.64. The van der Waals surface area contributed by atoms with Crippen LogP contribution in [0.25, 0.3) is 10.2 Å². The first-order chi connectivity index (χ1) is 15.9. The molecule has 1 aromatic carbocycles. The van der Waals surface area contributed by atoms with Gasteiger partial charge in [-0.05, 0) is 50.6 Å². The Balaban J connectivity index is 1.48. The number of thioether (sulfide) groups is 1. The van der Waals surface area contributed by atoms with Crippen LogP contribution in [0.3, 0.4) is 0 Å². The minimum absolute atomic E-state index is 0.121. The average Bonchev–Trinajstić information content (AvgIpc) is 3.15. The molecule has 0 aliphatic carbocycles. The Kier molecular flexibility index (Phi) is 7.16. The van der Waals surface area contributed by atoms with E-state index in [9.17, 15) is 9.59 Å². The number of ether oxygens (including phenoxy) is 2. The molecule has 1 fully saturated rings. The van der Waals surface area contributed by atoms with Crippen LogP contribution in [0.5, 0.6) is 0 Å². The molecule has 0 unspecified atom stereocenters. The van der Waals surface area contributed by atoms with Gasteiger partial charge in [0.05, 0.1) is 25.6 Å². The van der Waals surface area contributed by atoms with Gasteiger partial charge in [-0.1, -0.05) is 11.8 Å². The zero-order valence-electron chi connectivity index (χ0n) is 19.0. The summed E-state index contributed by atoms with van der Waals surface area (Å²) in [7, 11) is 1.36. The molecule has 1 saturated heterocycles. The SMILES string of the molecule is COC(=O)c1sc2nc(C)nc(S[C@@H](C)C(=O)Nc3ccc(N4CCOCC4)cc3)c2c1C. The molecule has 3 aromatic rings. The molecule has 1 atom stereocenters. The van der Waals surface area contributed by atoms with Crippen LogP contribution in [0.2, 0.25) is 0 Å². The smallest absolute Gasteiger partial charge is 0.348 e. The van der Waals surface area contributed by atoms with Crippen molar-refractivity contribution in [3.8, 4) is 0 Å². The number of carbonyl (C=O) groups is 2. The van der Waals surface area contributed by atoms with Gasteiger partial charge in [-0.3, -0.25) is 4.79 Å². The topological polar surface area (TPSA) is 93.7 Å². The third-order valence-electron chi connectivity index (χ3n) is 5.41. The molecule has 4 rings (SSSR count). The number of amides is 1. The molecular weight excluding hydrogens is 460 g/mol. The van der Waals surface area contributed by atoms with Gasteiger partial charge in [-0.15, -0.1) is 11.3 Å². The maximum Gasteiger partial charge on any atom is 0.348 e. The van der Waals surface area contributed by atoms with Crippen LogP contribution in [0.15, 0.2) is 29.3 Å². The quantitative estimate of drug-likeness (QED) is 0.317. The van der Waals surface area contributed by atoms with Crippen LogP contribution in [-0.4, -0.2) is 60.5 Å². The number of thiophene rings is 1. The summed E-state index contributed by atoms with van der Waals surface area (Å²) in [5.74, 6) is 0.0778. The number of nitrogens with zero attached hydrogens (tertiary/aromatic N) is 3. The van der Waals surface area contributed by atoms with E-state index in [1.165, 1.54) is 30.2 Å². The van der Waals surface area contributed by atoms with Crippen molar-refractivity contribution in [2.45, 2.75) is 31.0 Å². The number of anilines is 2. The summed E-state index contributed by atoms with van der Waals surface area (Å²) in [5, 5.41) is 4.07. The molecule has 0 spiro atoms. The highest BCUT2D eigenvalue weighted by Crippen LogP contribution is 2.37. The summed E-state index contributed by atoms with van der Waals surface area (Å²) < 4.78 is 10.3. The number of hydrogen-bond donors (Lipinski definition) is 1. The molecule has 33 heavy (non-hydrogen) atoms. The lowest BCUT2D eigenvalue weighted by Gasteiger charge is -2.28. The van der Waals surface area contributed by atoms with Gasteiger partial charge in [0, 0.05) is 29.9 Å². The number of aryl methyl sites for hydroxylation is 2. The van der Waals surface area contributed by atoms with Crippen molar-refractivity contribution in [1.29, 1.82) is 0 Å². The first kappa shape index (κ1) is 23.5. The van der Waals surface area contributed by atoms with Crippen LogP contribution < -0.4 is 10.2 Å². The van der Waals surface area contributed by atoms with Crippen molar-refractivity contribution in [1.82, 2.24) is 9.97 Å². The summed E-state index contributed by atoms with van der Waals surface area (Å²) in [6.45, 7) is 8.69. The lowest BCUT2D eigenvalue weighted by Crippen LogP contribution is -2.36. The molecular formula is C23H26N4O4S2. The van der Waals surface area contributed by atoms with Gasteiger partial charge in [0.1, 0.15) is 20.6 Å². The zero-order valence-corrected chi connectivity index (χ0v) is 20.6. The molecule has 0 radical (unpaired) electrons. The molecule has 1 N–H and O–H groups in total. The fourth-order valence-electron chi connectivity index (χ4n) is 3.62. The number of nitrogens with one attached hydrogen (secondary N) is 1. The van der Waals surface area contributed by atoms with E-state index >= 15 is 0 Å². The van der Waals surface area contributed by atoms with Crippen molar-refractivity contribution in [3.05, 3.63) is 40.5 Å². The molecule has 10 heteroatoms. The second kappa shape index (κ2) is 10.1. The molecule has 1 aliphatic rings. The lowest BCUT2D eigenvalue weighted by atomic mass is 10.2. The average molecular weight is 487 g/mol. The van der Waals surface area contributed by atoms with Gasteiger partial charge in [-0.2, -0.15) is 0 Å². The molecule has 0 bridgehead atoms. The third kappa shape index (κ3) is 5.13. The van der Waals surface area contributed by atoms with Crippen molar-refractivity contribution < 1.29 is 19.1 Å². The number of benzene rings is 1. The Morgan fingerprint density at radius 1 is 1.18 bits per heavy atom. The molecule has 0 saturated carbocycles. The second-order valence-corrected chi connectivity index (χ2v) is 10.0. The van der Waals surface area contributed by atoms with Crippen molar-refractivity contribution in [2.75, 3.05) is 43.6 Å². The number of methoxy groups -OCH3 is 1. The predicted octanol–water partition coefficient (Wildman–Crippen LogP) is 4.05. The van der Waals surface area contributed by atoms with E-state index in [4.69, 9.17) is 9.47 Å². The maximum atomic E-state index is 12.9. The van der Waals surface area contributed by atoms with Gasteiger partial charge in [0.15, 0.2) is 0 Å². The normalized spacial score (nSPS) is 14.8. The molecule has 8 nitrogen and oxygen atoms in total. The van der Waals surface area contributed by atoms with Crippen molar-refractivity contribution in [2.24, 2.45) is 0 Å². The number of morpholine rings is 1. The van der Waals surface area contributed by atoms with Gasteiger partial charge in [0.25, 0.3) is 0 Å². The standard InChI is InChI=1S/C23H26N4O4S2/c1-13-18-21(24-15(3)25-22(18)33-19(13)23(29)30-4)32-14(2)20(28)26-16-5-7-17(8-6-16)27-9-11-31-12-10-27/h5-8,14H,9-12H2,1-4H3,(H,26,28)/t14-/m0/s1. The fourth-order valence-corrected chi connectivity index (χ4v) is 5.88. The Morgan fingerprint density at radius 2 is 1.88 bits per heavy atom. The predicted molar refractivity (Wildman–Crippen MR) is 132 cm³/mol. The van der Waals surface area contributed by atoms with E-state index in [2.05, 4.69) is 20.2 Å². The molecule has 1 aliphatic heterocycles. The number of fused-ring (bicyclic) bond motifs is 1. The summed E-state index contributed by atoms with van der Waals surface area (Å²) in [5.41, 5.74) is 2.63. The van der Waals surface area contributed by atoms with Crippen molar-refractivity contribution in [3.63, 3.8) is 0 Å². The second-order valence-electron chi connectivity index (χ2n) is 7.70. The largest absolute Gasteiger partial charge is 0.465 e. The zero-order chi connectivity index (χ0) is 23.5. The molecule has 1 amide bonds. The number of carbonyl (C=O) groups excluding carboxylic acids is 2. The summed E-state index contributed by atoms with van der Waals surface area (Å²) in [6.07, 6.45) is 0. The summed E-state index contributed by atoms with van der Waals surface area (Å²) in [4.78, 5) is 37.5. The van der Waals surface area contributed by atoms with E-state index in [1.807, 2.05) is 38.1 Å². The minimum atomic E-state index is -0.401. The third-order valence-corrected chi connectivity index (χ3v) is 7.66. The molecule has 174 valence electrons. The lowest BCUT2D eigenvalue weighted by molar-refractivity contribution is -0.115.